The average Bonchev–Trinajstić information content (AvgIpc) is 2.28. The number of hydrogen-bond donors (Lipinski definition) is 2. The highest BCUT2D eigenvalue weighted by Crippen LogP contribution is 2.17. The summed E-state index contributed by atoms with van der Waals surface area (Å²) in [6.45, 7) is 3.90. The van der Waals surface area contributed by atoms with Crippen LogP contribution in [0.25, 0.3) is 0 Å². The van der Waals surface area contributed by atoms with Crippen LogP contribution in [0.4, 0.5) is 0 Å². The maximum atomic E-state index is 11.3. The third-order valence-corrected chi connectivity index (χ3v) is 2.32. The van der Waals surface area contributed by atoms with Crippen molar-refractivity contribution in [3.63, 3.8) is 0 Å². The average molecular weight is 223 g/mol. The first-order chi connectivity index (χ1) is 7.56. The topological polar surface area (TPSA) is 72.5 Å². The SMILES string of the molecule is CCOC(=O)[C@@H](N)[C@H](O)c1ccc(C)cc1. The fourth-order valence-electron chi connectivity index (χ4n) is 1.34. The molecule has 1 rings (SSSR count). The van der Waals surface area contributed by atoms with Crippen molar-refractivity contribution in [2.24, 2.45) is 5.73 Å². The van der Waals surface area contributed by atoms with Gasteiger partial charge >= 0.3 is 5.97 Å². The molecular weight excluding hydrogens is 206 g/mol. The van der Waals surface area contributed by atoms with E-state index in [-0.39, 0.29) is 6.61 Å². The molecule has 1 aromatic rings. The molecule has 16 heavy (non-hydrogen) atoms. The summed E-state index contributed by atoms with van der Waals surface area (Å²) in [7, 11) is 0. The molecule has 0 heterocycles. The van der Waals surface area contributed by atoms with Gasteiger partial charge in [0.15, 0.2) is 0 Å². The Morgan fingerprint density at radius 1 is 1.44 bits per heavy atom. The molecule has 88 valence electrons. The monoisotopic (exact) mass is 223 g/mol. The second-order valence-corrected chi connectivity index (χ2v) is 3.63. The number of esters is 1. The molecule has 0 aliphatic heterocycles. The van der Waals surface area contributed by atoms with E-state index in [0.29, 0.717) is 5.56 Å². The van der Waals surface area contributed by atoms with Crippen molar-refractivity contribution in [2.75, 3.05) is 6.61 Å². The van der Waals surface area contributed by atoms with Gasteiger partial charge in [0.25, 0.3) is 0 Å². The Balaban J connectivity index is 2.73. The molecule has 0 unspecified atom stereocenters. The summed E-state index contributed by atoms with van der Waals surface area (Å²) in [5.41, 5.74) is 7.29. The lowest BCUT2D eigenvalue weighted by molar-refractivity contribution is -0.147. The van der Waals surface area contributed by atoms with Crippen LogP contribution in [0.5, 0.6) is 0 Å². The Morgan fingerprint density at radius 2 is 2.00 bits per heavy atom. The minimum atomic E-state index is -1.04. The number of carbonyl (C=O) groups excluding carboxylic acids is 1. The molecule has 0 bridgehead atoms. The Morgan fingerprint density at radius 3 is 2.50 bits per heavy atom. The molecule has 0 saturated heterocycles. The predicted molar refractivity (Wildman–Crippen MR) is 60.7 cm³/mol. The van der Waals surface area contributed by atoms with E-state index >= 15 is 0 Å². The summed E-state index contributed by atoms with van der Waals surface area (Å²) in [6, 6.07) is 6.17. The van der Waals surface area contributed by atoms with Crippen molar-refractivity contribution in [2.45, 2.75) is 26.0 Å². The Kier molecular flexibility index (Phi) is 4.46. The lowest BCUT2D eigenvalue weighted by Crippen LogP contribution is -2.38. The molecule has 4 heteroatoms. The number of benzene rings is 1. The van der Waals surface area contributed by atoms with Gasteiger partial charge in [-0.1, -0.05) is 29.8 Å². The van der Waals surface area contributed by atoms with Crippen LogP contribution in [0.2, 0.25) is 0 Å². The molecule has 0 aliphatic carbocycles. The number of aryl methyl sites for hydroxylation is 1. The molecule has 0 radical (unpaired) electrons. The molecule has 0 aromatic heterocycles. The summed E-state index contributed by atoms with van der Waals surface area (Å²) >= 11 is 0. The zero-order chi connectivity index (χ0) is 12.1. The molecule has 2 atom stereocenters. The minimum Gasteiger partial charge on any atom is -0.465 e. The molecule has 0 amide bonds. The summed E-state index contributed by atoms with van der Waals surface area (Å²) in [6.07, 6.45) is -1.03. The Hall–Kier alpha value is -1.39. The van der Waals surface area contributed by atoms with Crippen molar-refractivity contribution >= 4 is 5.97 Å². The number of aliphatic hydroxyl groups is 1. The molecule has 0 saturated carbocycles. The highest BCUT2D eigenvalue weighted by atomic mass is 16.5. The van der Waals surface area contributed by atoms with Gasteiger partial charge in [-0.15, -0.1) is 0 Å². The summed E-state index contributed by atoms with van der Waals surface area (Å²) in [5.74, 6) is -0.587. The Labute approximate surface area is 95.0 Å². The zero-order valence-corrected chi connectivity index (χ0v) is 9.51. The van der Waals surface area contributed by atoms with E-state index in [1.165, 1.54) is 0 Å². The predicted octanol–water partition coefficient (Wildman–Crippen LogP) is 0.919. The van der Waals surface area contributed by atoms with Crippen molar-refractivity contribution in [1.29, 1.82) is 0 Å². The van der Waals surface area contributed by atoms with E-state index in [1.807, 2.05) is 19.1 Å². The van der Waals surface area contributed by atoms with Crippen molar-refractivity contribution in [3.8, 4) is 0 Å². The van der Waals surface area contributed by atoms with E-state index in [2.05, 4.69) is 0 Å². The zero-order valence-electron chi connectivity index (χ0n) is 9.51. The number of hydrogen-bond acceptors (Lipinski definition) is 4. The van der Waals surface area contributed by atoms with Crippen LogP contribution in [0, 0.1) is 6.92 Å². The molecular formula is C12H17NO3. The highest BCUT2D eigenvalue weighted by molar-refractivity contribution is 5.76. The van der Waals surface area contributed by atoms with Crippen LogP contribution >= 0.6 is 0 Å². The van der Waals surface area contributed by atoms with Gasteiger partial charge in [0, 0.05) is 0 Å². The number of rotatable bonds is 4. The largest absolute Gasteiger partial charge is 0.465 e. The third kappa shape index (κ3) is 3.05. The second kappa shape index (κ2) is 5.63. The van der Waals surface area contributed by atoms with Crippen molar-refractivity contribution in [1.82, 2.24) is 0 Å². The van der Waals surface area contributed by atoms with Gasteiger partial charge < -0.3 is 15.6 Å². The van der Waals surface area contributed by atoms with Gasteiger partial charge in [-0.3, -0.25) is 4.79 Å². The molecule has 4 nitrogen and oxygen atoms in total. The summed E-state index contributed by atoms with van der Waals surface area (Å²) in [4.78, 5) is 11.3. The van der Waals surface area contributed by atoms with Gasteiger partial charge in [0.2, 0.25) is 0 Å². The fourth-order valence-corrected chi connectivity index (χ4v) is 1.34. The fraction of sp³-hybridized carbons (Fsp3) is 0.417. The van der Waals surface area contributed by atoms with Crippen LogP contribution in [-0.2, 0) is 9.53 Å². The number of ether oxygens (including phenoxy) is 1. The first-order valence-electron chi connectivity index (χ1n) is 5.23. The summed E-state index contributed by atoms with van der Waals surface area (Å²) in [5, 5.41) is 9.85. The standard InChI is InChI=1S/C12H17NO3/c1-3-16-12(15)10(13)11(14)9-6-4-8(2)5-7-9/h4-7,10-11,14H,3,13H2,1-2H3/t10-,11+/m0/s1. The number of nitrogens with two attached hydrogens (primary N) is 1. The van der Waals surface area contributed by atoms with Gasteiger partial charge in [-0.2, -0.15) is 0 Å². The third-order valence-electron chi connectivity index (χ3n) is 2.32. The molecule has 0 aliphatic rings. The van der Waals surface area contributed by atoms with E-state index < -0.39 is 18.1 Å². The van der Waals surface area contributed by atoms with Gasteiger partial charge in [-0.25, -0.2) is 0 Å². The summed E-state index contributed by atoms with van der Waals surface area (Å²) < 4.78 is 4.75. The van der Waals surface area contributed by atoms with Gasteiger partial charge in [0.1, 0.15) is 12.1 Å². The van der Waals surface area contributed by atoms with E-state index in [1.54, 1.807) is 19.1 Å². The smallest absolute Gasteiger partial charge is 0.325 e. The lowest BCUT2D eigenvalue weighted by Gasteiger charge is -2.17. The quantitative estimate of drug-likeness (QED) is 0.744. The van der Waals surface area contributed by atoms with Crippen LogP contribution in [0.1, 0.15) is 24.2 Å². The normalized spacial score (nSPS) is 14.2. The van der Waals surface area contributed by atoms with E-state index in [9.17, 15) is 9.90 Å². The van der Waals surface area contributed by atoms with Crippen LogP contribution < -0.4 is 5.73 Å². The maximum absolute atomic E-state index is 11.3. The minimum absolute atomic E-state index is 0.257. The molecule has 3 N–H and O–H groups in total. The first kappa shape index (κ1) is 12.7. The first-order valence-corrected chi connectivity index (χ1v) is 5.23. The highest BCUT2D eigenvalue weighted by Gasteiger charge is 2.24. The Bertz CT molecular complexity index is 348. The molecule has 0 spiro atoms. The lowest BCUT2D eigenvalue weighted by atomic mass is 10.0. The van der Waals surface area contributed by atoms with E-state index in [0.717, 1.165) is 5.56 Å². The van der Waals surface area contributed by atoms with Gasteiger partial charge in [0.05, 0.1) is 6.61 Å². The number of aliphatic hydroxyl groups excluding tert-OH is 1. The van der Waals surface area contributed by atoms with Crippen LogP contribution in [-0.4, -0.2) is 23.7 Å². The molecule has 0 fully saturated rings. The van der Waals surface area contributed by atoms with Crippen LogP contribution in [0.3, 0.4) is 0 Å². The van der Waals surface area contributed by atoms with Crippen LogP contribution in [0.15, 0.2) is 24.3 Å². The van der Waals surface area contributed by atoms with Crippen molar-refractivity contribution in [3.05, 3.63) is 35.4 Å². The second-order valence-electron chi connectivity index (χ2n) is 3.63. The maximum Gasteiger partial charge on any atom is 0.325 e. The molecule has 1 aromatic carbocycles. The number of carbonyl (C=O) groups is 1. The van der Waals surface area contributed by atoms with Crippen molar-refractivity contribution < 1.29 is 14.6 Å². The van der Waals surface area contributed by atoms with E-state index in [4.69, 9.17) is 10.5 Å². The van der Waals surface area contributed by atoms with Gasteiger partial charge in [-0.05, 0) is 19.4 Å².